The van der Waals surface area contributed by atoms with Crippen molar-refractivity contribution in [2.75, 3.05) is 26.7 Å². The number of likely N-dealkylation sites (tertiary alicyclic amines) is 1. The minimum Gasteiger partial charge on any atom is -0.389 e. The maximum Gasteiger partial charge on any atom is 0.163 e. The first-order valence-electron chi connectivity index (χ1n) is 6.99. The second-order valence-corrected chi connectivity index (χ2v) is 5.80. The van der Waals surface area contributed by atoms with Crippen molar-refractivity contribution >= 4 is 0 Å². The van der Waals surface area contributed by atoms with Gasteiger partial charge in [-0.05, 0) is 32.9 Å². The fourth-order valence-corrected chi connectivity index (χ4v) is 2.79. The number of aliphatic hydroxyl groups is 1. The van der Waals surface area contributed by atoms with Crippen LogP contribution in [0.3, 0.4) is 0 Å². The van der Waals surface area contributed by atoms with Crippen LogP contribution in [0.15, 0.2) is 18.2 Å². The van der Waals surface area contributed by atoms with E-state index in [0.717, 1.165) is 25.6 Å². The molecule has 1 aromatic rings. The van der Waals surface area contributed by atoms with Crippen LogP contribution in [0.2, 0.25) is 0 Å². The molecule has 2 atom stereocenters. The summed E-state index contributed by atoms with van der Waals surface area (Å²) in [5.74, 6) is -1.59. The van der Waals surface area contributed by atoms with E-state index in [4.69, 9.17) is 0 Å². The van der Waals surface area contributed by atoms with Gasteiger partial charge in [-0.1, -0.05) is 12.1 Å². The van der Waals surface area contributed by atoms with Crippen LogP contribution in [0.25, 0.3) is 0 Å². The van der Waals surface area contributed by atoms with Crippen LogP contribution in [0, 0.1) is 11.6 Å². The lowest BCUT2D eigenvalue weighted by Gasteiger charge is -2.23. The highest BCUT2D eigenvalue weighted by atomic mass is 19.2. The summed E-state index contributed by atoms with van der Waals surface area (Å²) in [6.07, 6.45) is 1.43. The Morgan fingerprint density at radius 1 is 1.45 bits per heavy atom. The molecular weight excluding hydrogens is 262 g/mol. The van der Waals surface area contributed by atoms with Crippen LogP contribution in [0.4, 0.5) is 8.78 Å². The van der Waals surface area contributed by atoms with Gasteiger partial charge in [-0.25, -0.2) is 8.78 Å². The molecule has 3 nitrogen and oxygen atoms in total. The van der Waals surface area contributed by atoms with Gasteiger partial charge < -0.3 is 15.3 Å². The predicted octanol–water partition coefficient (Wildman–Crippen LogP) is 2.07. The molecule has 1 heterocycles. The van der Waals surface area contributed by atoms with E-state index in [2.05, 4.69) is 10.2 Å². The minimum atomic E-state index is -0.813. The van der Waals surface area contributed by atoms with Crippen LogP contribution in [-0.4, -0.2) is 42.3 Å². The normalized spacial score (nSPS) is 25.1. The Kier molecular flexibility index (Phi) is 4.73. The summed E-state index contributed by atoms with van der Waals surface area (Å²) < 4.78 is 27.1. The number of β-amino-alcohol motifs (C(OH)–C–C–N with tert-alkyl or cyclic N) is 1. The number of hydrogen-bond acceptors (Lipinski definition) is 3. The Balaban J connectivity index is 1.98. The van der Waals surface area contributed by atoms with Crippen LogP contribution in [0.1, 0.15) is 31.4 Å². The van der Waals surface area contributed by atoms with Gasteiger partial charge in [0.05, 0.1) is 5.60 Å². The Labute approximate surface area is 118 Å². The van der Waals surface area contributed by atoms with Crippen molar-refractivity contribution < 1.29 is 13.9 Å². The highest BCUT2D eigenvalue weighted by molar-refractivity contribution is 5.22. The molecule has 0 saturated carbocycles. The number of benzene rings is 1. The highest BCUT2D eigenvalue weighted by Gasteiger charge is 2.31. The van der Waals surface area contributed by atoms with Gasteiger partial charge in [-0.15, -0.1) is 0 Å². The summed E-state index contributed by atoms with van der Waals surface area (Å²) in [6, 6.07) is 4.04. The maximum absolute atomic E-state index is 13.8. The Morgan fingerprint density at radius 2 is 2.20 bits per heavy atom. The monoisotopic (exact) mass is 284 g/mol. The highest BCUT2D eigenvalue weighted by Crippen LogP contribution is 2.25. The molecule has 5 heteroatoms. The van der Waals surface area contributed by atoms with Gasteiger partial charge in [0, 0.05) is 31.2 Å². The van der Waals surface area contributed by atoms with E-state index >= 15 is 0 Å². The van der Waals surface area contributed by atoms with Gasteiger partial charge >= 0.3 is 0 Å². The first-order valence-corrected chi connectivity index (χ1v) is 6.99. The van der Waals surface area contributed by atoms with Gasteiger partial charge in [0.2, 0.25) is 0 Å². The van der Waals surface area contributed by atoms with Crippen molar-refractivity contribution in [3.05, 3.63) is 35.4 Å². The molecule has 0 spiro atoms. The Hall–Kier alpha value is -1.04. The van der Waals surface area contributed by atoms with Crippen molar-refractivity contribution in [3.8, 4) is 0 Å². The fraction of sp³-hybridized carbons (Fsp3) is 0.600. The zero-order valence-corrected chi connectivity index (χ0v) is 12.0. The summed E-state index contributed by atoms with van der Waals surface area (Å²) in [5.41, 5.74) is -0.266. The molecule has 2 unspecified atom stereocenters. The lowest BCUT2D eigenvalue weighted by molar-refractivity contribution is 0.0683. The van der Waals surface area contributed by atoms with E-state index in [9.17, 15) is 13.9 Å². The first kappa shape index (κ1) is 15.4. The van der Waals surface area contributed by atoms with Crippen LogP contribution in [-0.2, 0) is 0 Å². The molecule has 0 radical (unpaired) electrons. The second-order valence-electron chi connectivity index (χ2n) is 5.80. The van der Waals surface area contributed by atoms with Gasteiger partial charge in [0.15, 0.2) is 11.6 Å². The van der Waals surface area contributed by atoms with E-state index in [0.29, 0.717) is 18.5 Å². The van der Waals surface area contributed by atoms with E-state index in [1.165, 1.54) is 6.07 Å². The van der Waals surface area contributed by atoms with Gasteiger partial charge in [0.1, 0.15) is 0 Å². The molecule has 0 amide bonds. The summed E-state index contributed by atoms with van der Waals surface area (Å²) in [7, 11) is 1.75. The van der Waals surface area contributed by atoms with E-state index in [-0.39, 0.29) is 6.04 Å². The molecule has 1 aromatic carbocycles. The van der Waals surface area contributed by atoms with Crippen LogP contribution >= 0.6 is 0 Å². The van der Waals surface area contributed by atoms with Gasteiger partial charge in [-0.2, -0.15) is 0 Å². The predicted molar refractivity (Wildman–Crippen MR) is 74.5 cm³/mol. The summed E-state index contributed by atoms with van der Waals surface area (Å²) in [5, 5.41) is 13.0. The van der Waals surface area contributed by atoms with Crippen molar-refractivity contribution in [2.45, 2.75) is 31.4 Å². The van der Waals surface area contributed by atoms with Crippen LogP contribution in [0.5, 0.6) is 0 Å². The smallest absolute Gasteiger partial charge is 0.163 e. The molecule has 0 bridgehead atoms. The summed E-state index contributed by atoms with van der Waals surface area (Å²) in [6.45, 7) is 4.05. The van der Waals surface area contributed by atoms with Crippen molar-refractivity contribution in [3.63, 3.8) is 0 Å². The first-order chi connectivity index (χ1) is 9.43. The number of nitrogens with one attached hydrogen (secondary N) is 1. The second kappa shape index (κ2) is 6.16. The van der Waals surface area contributed by atoms with Crippen molar-refractivity contribution in [1.82, 2.24) is 10.2 Å². The fourth-order valence-electron chi connectivity index (χ4n) is 2.79. The standard InChI is InChI=1S/C15H22F2N2O/c1-15(20)7-9-19(10-15)8-6-13(18-2)11-4-3-5-12(16)14(11)17/h3-5,13,18,20H,6-10H2,1-2H3. The number of hydrogen-bond donors (Lipinski definition) is 2. The number of halogens is 2. The molecular formula is C15H22F2N2O. The molecule has 1 aliphatic rings. The largest absolute Gasteiger partial charge is 0.389 e. The quantitative estimate of drug-likeness (QED) is 0.869. The average Bonchev–Trinajstić information content (AvgIpc) is 2.74. The third-order valence-corrected chi connectivity index (χ3v) is 3.97. The third-order valence-electron chi connectivity index (χ3n) is 3.97. The van der Waals surface area contributed by atoms with E-state index in [1.54, 1.807) is 13.1 Å². The van der Waals surface area contributed by atoms with Gasteiger partial charge in [-0.3, -0.25) is 0 Å². The molecule has 1 saturated heterocycles. The zero-order chi connectivity index (χ0) is 14.8. The number of nitrogens with zero attached hydrogens (tertiary/aromatic N) is 1. The molecule has 1 fully saturated rings. The van der Waals surface area contributed by atoms with E-state index < -0.39 is 17.2 Å². The summed E-state index contributed by atoms with van der Waals surface area (Å²) >= 11 is 0. The minimum absolute atomic E-state index is 0.226. The van der Waals surface area contributed by atoms with Crippen molar-refractivity contribution in [2.24, 2.45) is 0 Å². The molecule has 112 valence electrons. The van der Waals surface area contributed by atoms with Crippen molar-refractivity contribution in [1.29, 1.82) is 0 Å². The SMILES string of the molecule is CNC(CCN1CCC(C)(O)C1)c1cccc(F)c1F. The summed E-state index contributed by atoms with van der Waals surface area (Å²) in [4.78, 5) is 2.15. The maximum atomic E-state index is 13.8. The lowest BCUT2D eigenvalue weighted by atomic mass is 10.0. The molecule has 2 rings (SSSR count). The van der Waals surface area contributed by atoms with E-state index in [1.807, 2.05) is 6.92 Å². The molecule has 20 heavy (non-hydrogen) atoms. The Bertz CT molecular complexity index is 465. The average molecular weight is 284 g/mol. The number of rotatable bonds is 5. The topological polar surface area (TPSA) is 35.5 Å². The molecule has 0 aromatic heterocycles. The molecule has 0 aliphatic carbocycles. The third kappa shape index (κ3) is 3.53. The molecule has 1 aliphatic heterocycles. The zero-order valence-electron chi connectivity index (χ0n) is 12.0. The van der Waals surface area contributed by atoms with Crippen LogP contribution < -0.4 is 5.32 Å². The van der Waals surface area contributed by atoms with Gasteiger partial charge in [0.25, 0.3) is 0 Å². The lowest BCUT2D eigenvalue weighted by Crippen LogP contribution is -2.32. The Morgan fingerprint density at radius 3 is 2.80 bits per heavy atom. The molecule has 2 N–H and O–H groups in total.